The Balaban J connectivity index is 1.51. The minimum Gasteiger partial charge on any atom is -0.344 e. The molecule has 13 heteroatoms. The number of piperazine rings is 1. The molecule has 1 aliphatic heterocycles. The molecule has 2 aromatic carbocycles. The molecule has 1 aliphatic carbocycles. The fourth-order valence-electron chi connectivity index (χ4n) is 6.05. The average Bonchev–Trinajstić information content (AvgIpc) is 3.61. The summed E-state index contributed by atoms with van der Waals surface area (Å²) >= 11 is 0. The molecule has 3 atom stereocenters. The third-order valence-electron chi connectivity index (χ3n) is 9.08. The first-order valence-electron chi connectivity index (χ1n) is 15.9. The Morgan fingerprint density at radius 1 is 1.02 bits per heavy atom. The predicted molar refractivity (Wildman–Crippen MR) is 169 cm³/mol. The van der Waals surface area contributed by atoms with E-state index in [1.807, 2.05) is 7.05 Å². The van der Waals surface area contributed by atoms with Crippen LogP contribution < -0.4 is 16.0 Å². The van der Waals surface area contributed by atoms with Gasteiger partial charge in [0.15, 0.2) is 0 Å². The summed E-state index contributed by atoms with van der Waals surface area (Å²) < 4.78 is 45.9. The van der Waals surface area contributed by atoms with Gasteiger partial charge in [-0.3, -0.25) is 19.2 Å². The maximum absolute atomic E-state index is 15.5. The number of rotatable bonds is 11. The van der Waals surface area contributed by atoms with Gasteiger partial charge in [0.2, 0.25) is 17.7 Å². The molecule has 0 spiro atoms. The van der Waals surface area contributed by atoms with E-state index >= 15 is 13.2 Å². The van der Waals surface area contributed by atoms with E-state index in [0.29, 0.717) is 44.6 Å². The number of amides is 4. The highest BCUT2D eigenvalue weighted by Crippen LogP contribution is 2.33. The summed E-state index contributed by atoms with van der Waals surface area (Å²) in [6.45, 7) is 5.74. The number of carbonyl (C=O) groups excluding carboxylic acids is 4. The van der Waals surface area contributed by atoms with E-state index in [0.717, 1.165) is 25.0 Å². The number of hydrogen-bond donors (Lipinski definition) is 3. The van der Waals surface area contributed by atoms with Gasteiger partial charge in [-0.25, -0.2) is 4.39 Å². The van der Waals surface area contributed by atoms with Crippen LogP contribution in [0.3, 0.4) is 0 Å². The second-order valence-electron chi connectivity index (χ2n) is 12.3. The maximum Gasteiger partial charge on any atom is 0.349 e. The highest BCUT2D eigenvalue weighted by atomic mass is 19.3. The number of likely N-dealkylation sites (N-methyl/N-ethyl adjacent to an activating group) is 1. The fraction of sp³-hybridized carbons (Fsp3) is 0.500. The summed E-state index contributed by atoms with van der Waals surface area (Å²) in [5, 5.41) is 16.5. The van der Waals surface area contributed by atoms with Gasteiger partial charge < -0.3 is 25.8 Å². The minimum absolute atomic E-state index is 0.0453. The lowest BCUT2D eigenvalue weighted by Crippen LogP contribution is -2.55. The summed E-state index contributed by atoms with van der Waals surface area (Å²) in [7, 11) is 1.96. The molecular weight excluding hydrogens is 613 g/mol. The van der Waals surface area contributed by atoms with E-state index in [1.54, 1.807) is 24.8 Å². The summed E-state index contributed by atoms with van der Waals surface area (Å²) in [5.41, 5.74) is -0.550. The zero-order valence-corrected chi connectivity index (χ0v) is 26.8. The number of anilines is 1. The quantitative estimate of drug-likeness (QED) is 0.337. The number of nitrogens with one attached hydrogen (secondary N) is 3. The maximum atomic E-state index is 15.5. The number of nitriles is 1. The average molecular weight is 655 g/mol. The zero-order chi connectivity index (χ0) is 34.3. The van der Waals surface area contributed by atoms with E-state index in [9.17, 15) is 19.2 Å². The topological polar surface area (TPSA) is 135 Å². The molecule has 3 unspecified atom stereocenters. The van der Waals surface area contributed by atoms with Crippen LogP contribution in [-0.2, 0) is 25.1 Å². The number of carbonyl (C=O) groups is 4. The van der Waals surface area contributed by atoms with Gasteiger partial charge in [-0.1, -0.05) is 44.9 Å². The van der Waals surface area contributed by atoms with Crippen molar-refractivity contribution in [3.05, 3.63) is 65.0 Å². The molecular formula is C34H41F3N6O4. The summed E-state index contributed by atoms with van der Waals surface area (Å²) in [4.78, 5) is 55.9. The van der Waals surface area contributed by atoms with Crippen molar-refractivity contribution < 1.29 is 32.3 Å². The lowest BCUT2D eigenvalue weighted by Gasteiger charge is -2.36. The molecule has 2 fully saturated rings. The number of benzene rings is 2. The molecule has 4 rings (SSSR count). The SMILES string of the molecule is CCC(=O)NC(C(=O)N1CCN(C)CC1)C(C)c1ccc(NC(=O)C(NC(=O)C(F)(F)c2cccc(C#N)c2)C2CCCC2)c(F)c1. The van der Waals surface area contributed by atoms with Crippen LogP contribution in [0.25, 0.3) is 0 Å². The number of nitrogens with zero attached hydrogens (tertiary/aromatic N) is 3. The van der Waals surface area contributed by atoms with Crippen molar-refractivity contribution in [1.82, 2.24) is 20.4 Å². The van der Waals surface area contributed by atoms with E-state index < -0.39 is 53.0 Å². The second kappa shape index (κ2) is 15.4. The molecule has 3 N–H and O–H groups in total. The van der Waals surface area contributed by atoms with Gasteiger partial charge in [0.05, 0.1) is 17.3 Å². The van der Waals surface area contributed by atoms with E-state index in [4.69, 9.17) is 5.26 Å². The van der Waals surface area contributed by atoms with E-state index in [1.165, 1.54) is 30.3 Å². The Bertz CT molecular complexity index is 1520. The Labute approximate surface area is 272 Å². The van der Waals surface area contributed by atoms with Gasteiger partial charge in [0.25, 0.3) is 5.91 Å². The summed E-state index contributed by atoms with van der Waals surface area (Å²) in [6.07, 6.45) is 2.68. The standard InChI is InChI=1S/C34H41F3N6O4/c1-4-28(44)40-29(32(46)43-16-14-42(3)15-17-43)21(2)24-12-13-27(26(35)19-24)39-31(45)30(23-9-5-6-10-23)41-33(47)34(36,37)25-11-7-8-22(18-25)20-38/h7-8,11-13,18-19,21,23,29-30H,4-6,9-10,14-17H2,1-3H3,(H,39,45)(H,40,44)(H,41,47). The molecule has 0 bridgehead atoms. The molecule has 1 saturated carbocycles. The van der Waals surface area contributed by atoms with Crippen molar-refractivity contribution in [2.24, 2.45) is 5.92 Å². The number of alkyl halides is 2. The molecule has 2 aliphatic rings. The Morgan fingerprint density at radius 3 is 2.32 bits per heavy atom. The van der Waals surface area contributed by atoms with Crippen molar-refractivity contribution in [2.75, 3.05) is 38.5 Å². The minimum atomic E-state index is -4.03. The lowest BCUT2D eigenvalue weighted by molar-refractivity contribution is -0.149. The highest BCUT2D eigenvalue weighted by molar-refractivity contribution is 5.98. The van der Waals surface area contributed by atoms with Crippen LogP contribution in [0.1, 0.15) is 68.6 Å². The zero-order valence-electron chi connectivity index (χ0n) is 26.8. The number of hydrogen-bond acceptors (Lipinski definition) is 6. The van der Waals surface area contributed by atoms with Crippen molar-refractivity contribution in [1.29, 1.82) is 5.26 Å². The van der Waals surface area contributed by atoms with Crippen LogP contribution in [0.4, 0.5) is 18.9 Å². The Hall–Kier alpha value is -4.44. The van der Waals surface area contributed by atoms with Crippen LogP contribution in [0, 0.1) is 23.1 Å². The van der Waals surface area contributed by atoms with Gasteiger partial charge in [-0.05, 0) is 55.6 Å². The van der Waals surface area contributed by atoms with Crippen molar-refractivity contribution in [2.45, 2.75) is 69.9 Å². The molecule has 0 radical (unpaired) electrons. The van der Waals surface area contributed by atoms with Crippen LogP contribution in [0.15, 0.2) is 42.5 Å². The monoisotopic (exact) mass is 654 g/mol. The smallest absolute Gasteiger partial charge is 0.344 e. The van der Waals surface area contributed by atoms with Crippen molar-refractivity contribution in [3.8, 4) is 6.07 Å². The largest absolute Gasteiger partial charge is 0.349 e. The lowest BCUT2D eigenvalue weighted by atomic mass is 9.91. The first kappa shape index (κ1) is 35.4. The Morgan fingerprint density at radius 2 is 1.70 bits per heavy atom. The van der Waals surface area contributed by atoms with Gasteiger partial charge in [-0.2, -0.15) is 14.0 Å². The summed E-state index contributed by atoms with van der Waals surface area (Å²) in [5.74, 6) is -9.05. The molecule has 4 amide bonds. The Kier molecular flexibility index (Phi) is 11.6. The van der Waals surface area contributed by atoms with Crippen molar-refractivity contribution >= 4 is 29.3 Å². The van der Waals surface area contributed by atoms with Crippen LogP contribution in [0.2, 0.25) is 0 Å². The third-order valence-corrected chi connectivity index (χ3v) is 9.08. The molecule has 1 heterocycles. The second-order valence-corrected chi connectivity index (χ2v) is 12.3. The molecule has 47 heavy (non-hydrogen) atoms. The molecule has 1 saturated heterocycles. The van der Waals surface area contributed by atoms with E-state index in [-0.39, 0.29) is 29.5 Å². The van der Waals surface area contributed by atoms with Gasteiger partial charge in [-0.15, -0.1) is 0 Å². The fourth-order valence-corrected chi connectivity index (χ4v) is 6.05. The van der Waals surface area contributed by atoms with E-state index in [2.05, 4.69) is 20.9 Å². The first-order valence-corrected chi connectivity index (χ1v) is 15.9. The van der Waals surface area contributed by atoms with Crippen molar-refractivity contribution in [3.63, 3.8) is 0 Å². The normalized spacial score (nSPS) is 17.7. The van der Waals surface area contributed by atoms with Gasteiger partial charge in [0, 0.05) is 44.1 Å². The third kappa shape index (κ3) is 8.48. The predicted octanol–water partition coefficient (Wildman–Crippen LogP) is 3.88. The molecule has 10 nitrogen and oxygen atoms in total. The van der Waals surface area contributed by atoms with Gasteiger partial charge >= 0.3 is 5.92 Å². The molecule has 252 valence electrons. The first-order chi connectivity index (χ1) is 22.3. The van der Waals surface area contributed by atoms with Gasteiger partial charge in [0.1, 0.15) is 17.9 Å². The summed E-state index contributed by atoms with van der Waals surface area (Å²) in [6, 6.07) is 7.99. The van der Waals surface area contributed by atoms with Crippen LogP contribution in [-0.4, -0.2) is 78.7 Å². The highest BCUT2D eigenvalue weighted by Gasteiger charge is 2.44. The van der Waals surface area contributed by atoms with Crippen LogP contribution in [0.5, 0.6) is 0 Å². The molecule has 2 aromatic rings. The molecule has 0 aromatic heterocycles. The van der Waals surface area contributed by atoms with Crippen LogP contribution >= 0.6 is 0 Å². The number of halogens is 3.